The lowest BCUT2D eigenvalue weighted by molar-refractivity contribution is -0.145. The van der Waals surface area contributed by atoms with Gasteiger partial charge in [0.1, 0.15) is 23.9 Å². The quantitative estimate of drug-likeness (QED) is 0.104. The summed E-state index contributed by atoms with van der Waals surface area (Å²) in [4.78, 5) is 64.7. The number of hydrogen-bond donors (Lipinski definition) is 8. The number of carbonyl (C=O) groups excluding carboxylic acids is 4. The van der Waals surface area contributed by atoms with E-state index < -0.39 is 59.9 Å². The number of amides is 4. The maximum atomic E-state index is 13.8. The van der Waals surface area contributed by atoms with E-state index in [2.05, 4.69) is 21.3 Å². The van der Waals surface area contributed by atoms with Crippen molar-refractivity contribution in [1.29, 1.82) is 0 Å². The minimum atomic E-state index is -1.66. The van der Waals surface area contributed by atoms with E-state index in [1.807, 2.05) is 6.07 Å². The van der Waals surface area contributed by atoms with Gasteiger partial charge in [-0.15, -0.1) is 0 Å². The van der Waals surface area contributed by atoms with Gasteiger partial charge in [-0.2, -0.15) is 0 Å². The van der Waals surface area contributed by atoms with E-state index in [1.165, 1.54) is 31.2 Å². The lowest BCUT2D eigenvalue weighted by Gasteiger charge is -2.27. The SMILES string of the molecule is C[C@@H](O)[C@H](NC(=O)[C@H](Cc1ccc(O)cc1)NC(=O)[C@H](Cc1ccccc1)NC(=O)[C@H](Cc1ccccc1)NC(=O)CN)C(=O)O. The Morgan fingerprint density at radius 3 is 1.41 bits per heavy atom. The summed E-state index contributed by atoms with van der Waals surface area (Å²) in [5.74, 6) is -4.39. The van der Waals surface area contributed by atoms with E-state index in [0.29, 0.717) is 11.1 Å². The summed E-state index contributed by atoms with van der Waals surface area (Å²) >= 11 is 0. The van der Waals surface area contributed by atoms with Crippen molar-refractivity contribution in [2.75, 3.05) is 6.54 Å². The molecule has 5 atom stereocenters. The molecule has 13 heteroatoms. The summed E-state index contributed by atoms with van der Waals surface area (Å²) in [5.41, 5.74) is 7.44. The highest BCUT2D eigenvalue weighted by Gasteiger charge is 2.33. The van der Waals surface area contributed by atoms with Gasteiger partial charge in [0.15, 0.2) is 6.04 Å². The van der Waals surface area contributed by atoms with Crippen LogP contribution < -0.4 is 27.0 Å². The first-order chi connectivity index (χ1) is 22.0. The van der Waals surface area contributed by atoms with Crippen LogP contribution >= 0.6 is 0 Å². The average Bonchev–Trinajstić information content (AvgIpc) is 3.04. The van der Waals surface area contributed by atoms with Crippen LogP contribution in [0.1, 0.15) is 23.6 Å². The second-order valence-corrected chi connectivity index (χ2v) is 10.8. The highest BCUT2D eigenvalue weighted by molar-refractivity contribution is 5.95. The van der Waals surface area contributed by atoms with Crippen molar-refractivity contribution in [1.82, 2.24) is 21.3 Å². The lowest BCUT2D eigenvalue weighted by Crippen LogP contribution is -2.60. The van der Waals surface area contributed by atoms with Crippen LogP contribution in [0.2, 0.25) is 0 Å². The van der Waals surface area contributed by atoms with Crippen molar-refractivity contribution in [2.45, 2.75) is 56.5 Å². The van der Waals surface area contributed by atoms with Crippen molar-refractivity contribution >= 4 is 29.6 Å². The lowest BCUT2D eigenvalue weighted by atomic mass is 10.0. The van der Waals surface area contributed by atoms with Crippen LogP contribution in [0.4, 0.5) is 0 Å². The Labute approximate surface area is 266 Å². The van der Waals surface area contributed by atoms with Gasteiger partial charge >= 0.3 is 5.97 Å². The number of aliphatic carboxylic acids is 1. The minimum Gasteiger partial charge on any atom is -0.508 e. The first-order valence-electron chi connectivity index (χ1n) is 14.6. The van der Waals surface area contributed by atoms with Crippen molar-refractivity contribution in [3.63, 3.8) is 0 Å². The van der Waals surface area contributed by atoms with Crippen molar-refractivity contribution in [2.24, 2.45) is 5.73 Å². The fourth-order valence-electron chi connectivity index (χ4n) is 4.64. The van der Waals surface area contributed by atoms with E-state index in [-0.39, 0.29) is 31.6 Å². The number of nitrogens with two attached hydrogens (primary N) is 1. The Balaban J connectivity index is 1.91. The molecule has 0 aliphatic heterocycles. The van der Waals surface area contributed by atoms with E-state index in [9.17, 15) is 39.3 Å². The van der Waals surface area contributed by atoms with E-state index in [0.717, 1.165) is 5.56 Å². The van der Waals surface area contributed by atoms with Crippen LogP contribution in [-0.2, 0) is 43.2 Å². The van der Waals surface area contributed by atoms with Gasteiger partial charge in [-0.3, -0.25) is 19.2 Å². The minimum absolute atomic E-state index is 0.0142. The molecule has 0 fully saturated rings. The Morgan fingerprint density at radius 1 is 0.630 bits per heavy atom. The van der Waals surface area contributed by atoms with Gasteiger partial charge in [0.05, 0.1) is 12.6 Å². The van der Waals surface area contributed by atoms with E-state index in [4.69, 9.17) is 5.73 Å². The molecule has 4 amide bonds. The number of aliphatic hydroxyl groups excluding tert-OH is 1. The molecule has 0 bridgehead atoms. The molecule has 0 unspecified atom stereocenters. The Morgan fingerprint density at radius 2 is 1.02 bits per heavy atom. The summed E-state index contributed by atoms with van der Waals surface area (Å²) in [5, 5.41) is 39.2. The summed E-state index contributed by atoms with van der Waals surface area (Å²) in [6.07, 6.45) is -1.43. The predicted octanol–water partition coefficient (Wildman–Crippen LogP) is -0.217. The van der Waals surface area contributed by atoms with E-state index >= 15 is 0 Å². The number of carboxylic acid groups (broad SMARTS) is 1. The zero-order valence-corrected chi connectivity index (χ0v) is 25.3. The number of carbonyl (C=O) groups is 5. The first kappa shape index (κ1) is 35.2. The van der Waals surface area contributed by atoms with Crippen molar-refractivity contribution in [3.8, 4) is 5.75 Å². The molecule has 3 rings (SSSR count). The predicted molar refractivity (Wildman–Crippen MR) is 168 cm³/mol. The molecular formula is C33H39N5O8. The molecule has 0 saturated heterocycles. The highest BCUT2D eigenvalue weighted by Crippen LogP contribution is 2.13. The van der Waals surface area contributed by atoms with Gasteiger partial charge in [0.25, 0.3) is 0 Å². The average molecular weight is 634 g/mol. The van der Waals surface area contributed by atoms with Gasteiger partial charge in [0, 0.05) is 19.3 Å². The van der Waals surface area contributed by atoms with Gasteiger partial charge in [0.2, 0.25) is 23.6 Å². The van der Waals surface area contributed by atoms with Gasteiger partial charge in [-0.05, 0) is 35.7 Å². The molecule has 0 saturated carbocycles. The van der Waals surface area contributed by atoms with Gasteiger partial charge < -0.3 is 42.3 Å². The fraction of sp³-hybridized carbons (Fsp3) is 0.303. The third kappa shape index (κ3) is 11.0. The Kier molecular flexibility index (Phi) is 13.2. The molecule has 0 aliphatic rings. The maximum absolute atomic E-state index is 13.8. The standard InChI is InChI=1S/C33H39N5O8/c1-20(39)29(33(45)46)38-32(44)27(18-23-12-14-24(40)15-13-23)37-31(43)26(17-22-10-6-3-7-11-22)36-30(42)25(35-28(41)19-34)16-21-8-4-2-5-9-21/h2-15,20,25-27,29,39-40H,16-19,34H2,1H3,(H,35,41)(H,36,42)(H,37,43)(H,38,44)(H,45,46)/t20-,25+,26+,27+,29+/m1/s1. The number of nitrogens with one attached hydrogen (secondary N) is 4. The Hall–Kier alpha value is -5.27. The molecule has 46 heavy (non-hydrogen) atoms. The van der Waals surface area contributed by atoms with Crippen molar-refractivity contribution < 1.29 is 39.3 Å². The molecule has 0 heterocycles. The normalized spacial score (nSPS) is 14.1. The number of phenols is 1. The molecule has 9 N–H and O–H groups in total. The van der Waals surface area contributed by atoms with Gasteiger partial charge in [-0.25, -0.2) is 4.79 Å². The fourth-order valence-corrected chi connectivity index (χ4v) is 4.64. The topological polar surface area (TPSA) is 220 Å². The second-order valence-electron chi connectivity index (χ2n) is 10.8. The third-order valence-corrected chi connectivity index (χ3v) is 7.09. The maximum Gasteiger partial charge on any atom is 0.328 e. The Bertz CT molecular complexity index is 1470. The van der Waals surface area contributed by atoms with Gasteiger partial charge in [-0.1, -0.05) is 72.8 Å². The zero-order chi connectivity index (χ0) is 33.6. The van der Waals surface area contributed by atoms with E-state index in [1.54, 1.807) is 54.6 Å². The summed E-state index contributed by atoms with van der Waals surface area (Å²) < 4.78 is 0. The number of benzene rings is 3. The molecule has 13 nitrogen and oxygen atoms in total. The van der Waals surface area contributed by atoms with Crippen LogP contribution in [0.3, 0.4) is 0 Å². The molecule has 3 aromatic carbocycles. The molecule has 0 radical (unpaired) electrons. The summed E-state index contributed by atoms with van der Waals surface area (Å²) in [6, 6.07) is 18.3. The number of aromatic hydroxyl groups is 1. The highest BCUT2D eigenvalue weighted by atomic mass is 16.4. The second kappa shape index (κ2) is 17.3. The molecule has 0 aliphatic carbocycles. The van der Waals surface area contributed by atoms with Crippen LogP contribution in [0.5, 0.6) is 5.75 Å². The first-order valence-corrected chi connectivity index (χ1v) is 14.6. The van der Waals surface area contributed by atoms with Crippen LogP contribution in [0, 0.1) is 0 Å². The summed E-state index contributed by atoms with van der Waals surface area (Å²) in [7, 11) is 0. The molecule has 0 spiro atoms. The zero-order valence-electron chi connectivity index (χ0n) is 25.3. The molecule has 0 aromatic heterocycles. The molecular weight excluding hydrogens is 594 g/mol. The smallest absolute Gasteiger partial charge is 0.328 e. The van der Waals surface area contributed by atoms with Crippen LogP contribution in [-0.4, -0.2) is 81.7 Å². The number of hydrogen-bond acceptors (Lipinski definition) is 8. The third-order valence-electron chi connectivity index (χ3n) is 7.09. The molecule has 3 aromatic rings. The number of aliphatic hydroxyl groups is 1. The number of rotatable bonds is 16. The monoisotopic (exact) mass is 633 g/mol. The van der Waals surface area contributed by atoms with Crippen LogP contribution in [0.15, 0.2) is 84.9 Å². The van der Waals surface area contributed by atoms with Crippen molar-refractivity contribution in [3.05, 3.63) is 102 Å². The number of carboxylic acids is 1. The largest absolute Gasteiger partial charge is 0.508 e. The summed E-state index contributed by atoms with van der Waals surface area (Å²) in [6.45, 7) is 0.845. The number of phenolic OH excluding ortho intramolecular Hbond substituents is 1. The molecule has 244 valence electrons. The van der Waals surface area contributed by atoms with Crippen LogP contribution in [0.25, 0.3) is 0 Å².